The first-order valence-electron chi connectivity index (χ1n) is 8.14. The van der Waals surface area contributed by atoms with Crippen LogP contribution in [-0.4, -0.2) is 41.1 Å². The van der Waals surface area contributed by atoms with Crippen molar-refractivity contribution in [3.05, 3.63) is 47.5 Å². The number of hydrogen-bond donors (Lipinski definition) is 1. The van der Waals surface area contributed by atoms with Crippen LogP contribution in [0.1, 0.15) is 6.42 Å². The van der Waals surface area contributed by atoms with Crippen molar-refractivity contribution in [3.8, 4) is 11.5 Å². The zero-order chi connectivity index (χ0) is 19.6. The number of anilines is 1. The van der Waals surface area contributed by atoms with E-state index in [0.29, 0.717) is 22.2 Å². The van der Waals surface area contributed by atoms with Gasteiger partial charge >= 0.3 is 0 Å². The molecule has 3 rings (SSSR count). The highest BCUT2D eigenvalue weighted by atomic mass is 35.5. The molecular weight excluding hydrogens is 392 g/mol. The Kier molecular flexibility index (Phi) is 5.59. The Morgan fingerprint density at radius 1 is 1.07 bits per heavy atom. The van der Waals surface area contributed by atoms with Gasteiger partial charge < -0.3 is 14.4 Å². The Balaban J connectivity index is 1.77. The lowest BCUT2D eigenvalue weighted by atomic mass is 10.3. The maximum absolute atomic E-state index is 12.7. The minimum atomic E-state index is -3.82. The third kappa shape index (κ3) is 4.18. The van der Waals surface area contributed by atoms with Crippen LogP contribution in [0.5, 0.6) is 11.5 Å². The molecule has 2 aromatic carbocycles. The standard InChI is InChI=1S/C18H19ClN2O5S/c1-25-16-8-7-15(10-17(16)26-2)27(23,24)20-13-9-18(22)21(11-13)14-5-3-12(19)4-6-14/h3-8,10,13,20H,9,11H2,1-2H3/t13-/m0/s1. The van der Waals surface area contributed by atoms with E-state index in [2.05, 4.69) is 4.72 Å². The normalized spacial score (nSPS) is 17.2. The quantitative estimate of drug-likeness (QED) is 0.790. The van der Waals surface area contributed by atoms with E-state index in [1.807, 2.05) is 0 Å². The zero-order valence-electron chi connectivity index (χ0n) is 14.8. The topological polar surface area (TPSA) is 84.9 Å². The number of ether oxygens (including phenoxy) is 2. The highest BCUT2D eigenvalue weighted by molar-refractivity contribution is 7.89. The van der Waals surface area contributed by atoms with Crippen LogP contribution in [0, 0.1) is 0 Å². The van der Waals surface area contributed by atoms with Crippen LogP contribution in [0.25, 0.3) is 0 Å². The molecule has 1 fully saturated rings. The second kappa shape index (κ2) is 7.75. The van der Waals surface area contributed by atoms with Crippen LogP contribution in [0.15, 0.2) is 47.4 Å². The molecule has 1 atom stereocenters. The maximum Gasteiger partial charge on any atom is 0.241 e. The Morgan fingerprint density at radius 3 is 2.37 bits per heavy atom. The van der Waals surface area contributed by atoms with Crippen LogP contribution < -0.4 is 19.1 Å². The summed E-state index contributed by atoms with van der Waals surface area (Å²) in [7, 11) is -0.919. The maximum atomic E-state index is 12.7. The number of nitrogens with one attached hydrogen (secondary N) is 1. The van der Waals surface area contributed by atoms with Crippen molar-refractivity contribution in [2.75, 3.05) is 25.7 Å². The second-order valence-electron chi connectivity index (χ2n) is 6.02. The Hall–Kier alpha value is -2.29. The molecule has 7 nitrogen and oxygen atoms in total. The lowest BCUT2D eigenvalue weighted by molar-refractivity contribution is -0.117. The van der Waals surface area contributed by atoms with E-state index in [1.54, 1.807) is 24.3 Å². The number of amides is 1. The summed E-state index contributed by atoms with van der Waals surface area (Å²) in [5, 5.41) is 0.566. The van der Waals surface area contributed by atoms with Gasteiger partial charge in [0.15, 0.2) is 11.5 Å². The van der Waals surface area contributed by atoms with E-state index in [0.717, 1.165) is 0 Å². The molecule has 0 aliphatic carbocycles. The fraction of sp³-hybridized carbons (Fsp3) is 0.278. The van der Waals surface area contributed by atoms with Gasteiger partial charge in [0.05, 0.1) is 19.1 Å². The monoisotopic (exact) mass is 410 g/mol. The van der Waals surface area contributed by atoms with Crippen molar-refractivity contribution in [1.29, 1.82) is 0 Å². The lowest BCUT2D eigenvalue weighted by Crippen LogP contribution is -2.37. The van der Waals surface area contributed by atoms with E-state index in [-0.39, 0.29) is 23.8 Å². The third-order valence-corrected chi connectivity index (χ3v) is 6.02. The molecule has 27 heavy (non-hydrogen) atoms. The van der Waals surface area contributed by atoms with E-state index in [4.69, 9.17) is 21.1 Å². The van der Waals surface area contributed by atoms with Crippen molar-refractivity contribution >= 4 is 33.2 Å². The van der Waals surface area contributed by atoms with Gasteiger partial charge in [-0.3, -0.25) is 4.79 Å². The van der Waals surface area contributed by atoms with Gasteiger partial charge in [-0.15, -0.1) is 0 Å². The van der Waals surface area contributed by atoms with Gasteiger partial charge in [0.25, 0.3) is 0 Å². The molecule has 1 heterocycles. The van der Waals surface area contributed by atoms with E-state index in [9.17, 15) is 13.2 Å². The van der Waals surface area contributed by atoms with Crippen LogP contribution in [0.4, 0.5) is 5.69 Å². The summed E-state index contributed by atoms with van der Waals surface area (Å²) in [5.41, 5.74) is 0.678. The van der Waals surface area contributed by atoms with E-state index < -0.39 is 16.1 Å². The number of nitrogens with zero attached hydrogens (tertiary/aromatic N) is 1. The van der Waals surface area contributed by atoms with Crippen molar-refractivity contribution in [2.24, 2.45) is 0 Å². The van der Waals surface area contributed by atoms with Gasteiger partial charge in [0, 0.05) is 35.8 Å². The summed E-state index contributed by atoms with van der Waals surface area (Å²) in [4.78, 5) is 13.9. The number of carbonyl (C=O) groups is 1. The largest absolute Gasteiger partial charge is 0.493 e. The molecule has 0 aromatic heterocycles. The number of methoxy groups -OCH3 is 2. The molecule has 1 aliphatic rings. The molecule has 9 heteroatoms. The Morgan fingerprint density at radius 2 is 1.74 bits per heavy atom. The number of rotatable bonds is 6. The molecule has 0 spiro atoms. The number of carbonyl (C=O) groups excluding carboxylic acids is 1. The van der Waals surface area contributed by atoms with Crippen LogP contribution in [0.2, 0.25) is 5.02 Å². The molecule has 1 aliphatic heterocycles. The van der Waals surface area contributed by atoms with Crippen LogP contribution >= 0.6 is 11.6 Å². The molecule has 0 radical (unpaired) electrons. The number of benzene rings is 2. The van der Waals surface area contributed by atoms with Gasteiger partial charge in [0.1, 0.15) is 0 Å². The number of hydrogen-bond acceptors (Lipinski definition) is 5. The third-order valence-electron chi connectivity index (χ3n) is 4.25. The predicted molar refractivity (Wildman–Crippen MR) is 102 cm³/mol. The first kappa shape index (κ1) is 19.5. The predicted octanol–water partition coefficient (Wildman–Crippen LogP) is 2.44. The molecule has 1 amide bonds. The first-order chi connectivity index (χ1) is 12.8. The first-order valence-corrected chi connectivity index (χ1v) is 10.0. The Bertz CT molecular complexity index is 947. The SMILES string of the molecule is COc1ccc(S(=O)(=O)N[C@H]2CC(=O)N(c3ccc(Cl)cc3)C2)cc1OC. The average Bonchev–Trinajstić information content (AvgIpc) is 3.01. The summed E-state index contributed by atoms with van der Waals surface area (Å²) < 4.78 is 38.3. The Labute approximate surface area is 162 Å². The average molecular weight is 411 g/mol. The number of halogens is 1. The second-order valence-corrected chi connectivity index (χ2v) is 8.17. The van der Waals surface area contributed by atoms with Gasteiger partial charge in [0.2, 0.25) is 15.9 Å². The van der Waals surface area contributed by atoms with E-state index >= 15 is 0 Å². The van der Waals surface area contributed by atoms with Crippen LogP contribution in [0.3, 0.4) is 0 Å². The summed E-state index contributed by atoms with van der Waals surface area (Å²) in [6, 6.07) is 10.6. The minimum Gasteiger partial charge on any atom is -0.493 e. The molecule has 0 unspecified atom stereocenters. The molecular formula is C18H19ClN2O5S. The van der Waals surface area contributed by atoms with Gasteiger partial charge in [-0.25, -0.2) is 13.1 Å². The van der Waals surface area contributed by atoms with Crippen molar-refractivity contribution < 1.29 is 22.7 Å². The molecule has 1 saturated heterocycles. The summed E-state index contributed by atoms with van der Waals surface area (Å²) in [5.74, 6) is 0.587. The van der Waals surface area contributed by atoms with Crippen LogP contribution in [-0.2, 0) is 14.8 Å². The molecule has 144 valence electrons. The fourth-order valence-electron chi connectivity index (χ4n) is 2.93. The molecule has 0 saturated carbocycles. The fourth-order valence-corrected chi connectivity index (χ4v) is 4.30. The highest BCUT2D eigenvalue weighted by Crippen LogP contribution is 2.30. The highest BCUT2D eigenvalue weighted by Gasteiger charge is 2.33. The summed E-state index contributed by atoms with van der Waals surface area (Å²) in [6.45, 7) is 0.243. The van der Waals surface area contributed by atoms with Gasteiger partial charge in [-0.2, -0.15) is 0 Å². The van der Waals surface area contributed by atoms with Crippen molar-refractivity contribution in [2.45, 2.75) is 17.4 Å². The van der Waals surface area contributed by atoms with Crippen molar-refractivity contribution in [1.82, 2.24) is 4.72 Å². The van der Waals surface area contributed by atoms with Gasteiger partial charge in [-0.05, 0) is 36.4 Å². The van der Waals surface area contributed by atoms with Crippen molar-refractivity contribution in [3.63, 3.8) is 0 Å². The minimum absolute atomic E-state index is 0.0394. The summed E-state index contributed by atoms with van der Waals surface area (Å²) >= 11 is 5.87. The molecule has 0 bridgehead atoms. The lowest BCUT2D eigenvalue weighted by Gasteiger charge is -2.17. The summed E-state index contributed by atoms with van der Waals surface area (Å²) in [6.07, 6.45) is 0.0785. The van der Waals surface area contributed by atoms with E-state index in [1.165, 1.54) is 37.3 Å². The molecule has 2 aromatic rings. The van der Waals surface area contributed by atoms with Gasteiger partial charge in [-0.1, -0.05) is 11.6 Å². The smallest absolute Gasteiger partial charge is 0.241 e. The zero-order valence-corrected chi connectivity index (χ0v) is 16.4. The molecule has 1 N–H and O–H groups in total. The number of sulfonamides is 1.